The van der Waals surface area contributed by atoms with E-state index in [0.29, 0.717) is 16.8 Å². The summed E-state index contributed by atoms with van der Waals surface area (Å²) in [5.41, 5.74) is 7.52. The van der Waals surface area contributed by atoms with Crippen LogP contribution in [0.4, 0.5) is 11.5 Å². The molecule has 0 aliphatic heterocycles. The first-order valence-electron chi connectivity index (χ1n) is 8.93. The van der Waals surface area contributed by atoms with Gasteiger partial charge in [-0.15, -0.1) is 0 Å². The number of rotatable bonds is 4. The summed E-state index contributed by atoms with van der Waals surface area (Å²) in [6.07, 6.45) is 5.81. The number of nitrogen functional groups attached to an aromatic ring is 1. The van der Waals surface area contributed by atoms with Crippen LogP contribution >= 0.6 is 0 Å². The molecular weight excluding hydrogens is 416 g/mol. The van der Waals surface area contributed by atoms with Gasteiger partial charge in [0.1, 0.15) is 5.82 Å². The Labute approximate surface area is 179 Å². The van der Waals surface area contributed by atoms with Crippen LogP contribution in [-0.2, 0) is 16.8 Å². The number of imidazole rings is 1. The van der Waals surface area contributed by atoms with Crippen LogP contribution < -0.4 is 15.8 Å². The van der Waals surface area contributed by atoms with Gasteiger partial charge >= 0.3 is 0 Å². The second-order valence-corrected chi connectivity index (χ2v) is 8.95. The third kappa shape index (κ3) is 5.71. The molecule has 10 heteroatoms. The van der Waals surface area contributed by atoms with Crippen molar-refractivity contribution in [2.24, 2.45) is 7.05 Å². The van der Waals surface area contributed by atoms with Crippen molar-refractivity contribution in [3.05, 3.63) is 71.4 Å². The molecule has 0 spiro atoms. The van der Waals surface area contributed by atoms with E-state index in [2.05, 4.69) is 37.7 Å². The molecule has 3 rings (SSSR count). The normalized spacial score (nSPS) is 12.2. The number of pyridine rings is 1. The number of hydrogen-bond donors (Lipinski definition) is 3. The number of carbonyl (C=O) groups excluding carboxylic acids is 2. The molecule has 9 nitrogen and oxygen atoms in total. The summed E-state index contributed by atoms with van der Waals surface area (Å²) < 4.78 is 15.6. The molecule has 2 amide bonds. The topological polar surface area (TPSA) is 132 Å². The number of aryl methyl sites for hydroxylation is 1. The second kappa shape index (κ2) is 8.73. The molecule has 1 unspecified atom stereocenters. The predicted molar refractivity (Wildman–Crippen MR) is 121 cm³/mol. The molecule has 31 heavy (non-hydrogen) atoms. The number of amides is 2. The van der Waals surface area contributed by atoms with E-state index in [9.17, 15) is 13.8 Å². The number of nitrogens with one attached hydrogen (secondary N) is 2. The van der Waals surface area contributed by atoms with Gasteiger partial charge in [0.25, 0.3) is 11.8 Å². The summed E-state index contributed by atoms with van der Waals surface area (Å²) in [5, 5.41) is 2.77. The molecule has 1 atom stereocenters. The number of anilines is 2. The van der Waals surface area contributed by atoms with Crippen LogP contribution in [0.15, 0.2) is 48.9 Å². The Kier molecular flexibility index (Phi) is 6.08. The number of nitrogens with two attached hydrogens (primary N) is 1. The van der Waals surface area contributed by atoms with Crippen LogP contribution in [0, 0.1) is 11.8 Å². The zero-order valence-electron chi connectivity index (χ0n) is 16.9. The van der Waals surface area contributed by atoms with Crippen LogP contribution in [0.3, 0.4) is 0 Å². The lowest BCUT2D eigenvalue weighted by Crippen LogP contribution is -2.29. The Hall–Kier alpha value is -4.10. The highest BCUT2D eigenvalue weighted by Gasteiger charge is 2.12. The minimum atomic E-state index is -2.72. The minimum absolute atomic E-state index is 0.148. The summed E-state index contributed by atoms with van der Waals surface area (Å²) in [5.74, 6) is 8.69. The highest BCUT2D eigenvalue weighted by atomic mass is 32.2. The standard InChI is InChI=1S/C21H20N6O3S/c1-27-10-9-23-19(27)21(29)25-17-6-4-5-14(11-17)7-8-15-12-16(13-24-18(15)22)20(28)26-31(2,3)30/h4-6,9-13H,2H2,1,3H3,(H2,22,24)(H,25,29)(H,26,28,30). The van der Waals surface area contributed by atoms with Gasteiger partial charge in [-0.25, -0.2) is 14.2 Å². The first-order valence-corrected chi connectivity index (χ1v) is 11.1. The highest BCUT2D eigenvalue weighted by Crippen LogP contribution is 2.13. The number of carbonyl (C=O) groups is 2. The third-order valence-corrected chi connectivity index (χ3v) is 4.59. The fourth-order valence-corrected chi connectivity index (χ4v) is 3.05. The molecule has 0 aliphatic rings. The van der Waals surface area contributed by atoms with Gasteiger partial charge in [-0.3, -0.25) is 14.3 Å². The van der Waals surface area contributed by atoms with Crippen molar-refractivity contribution in [3.8, 4) is 11.8 Å². The van der Waals surface area contributed by atoms with Crippen molar-refractivity contribution < 1.29 is 13.8 Å². The second-order valence-electron chi connectivity index (χ2n) is 6.74. The van der Waals surface area contributed by atoms with Crippen LogP contribution in [0.5, 0.6) is 0 Å². The summed E-state index contributed by atoms with van der Waals surface area (Å²) in [6.45, 7) is 0. The average Bonchev–Trinajstić information content (AvgIpc) is 3.12. The van der Waals surface area contributed by atoms with Gasteiger partial charge < -0.3 is 15.6 Å². The van der Waals surface area contributed by atoms with Crippen LogP contribution in [0.1, 0.15) is 32.1 Å². The Balaban J connectivity index is 1.81. The average molecular weight is 436 g/mol. The van der Waals surface area contributed by atoms with Gasteiger partial charge in [-0.2, -0.15) is 0 Å². The maximum Gasteiger partial charge on any atom is 0.291 e. The third-order valence-electron chi connectivity index (χ3n) is 3.98. The Morgan fingerprint density at radius 2 is 1.97 bits per heavy atom. The summed E-state index contributed by atoms with van der Waals surface area (Å²) in [6, 6.07) is 8.40. The van der Waals surface area contributed by atoms with Crippen molar-refractivity contribution >= 4 is 38.9 Å². The first kappa shape index (κ1) is 21.6. The summed E-state index contributed by atoms with van der Waals surface area (Å²) in [7, 11) is -0.990. The van der Waals surface area contributed by atoms with Crippen LogP contribution in [-0.4, -0.2) is 42.7 Å². The van der Waals surface area contributed by atoms with Crippen LogP contribution in [0.25, 0.3) is 0 Å². The number of aromatic nitrogens is 3. The quantitative estimate of drug-likeness (QED) is 0.414. The van der Waals surface area contributed by atoms with Gasteiger partial charge in [0.2, 0.25) is 0 Å². The first-order chi connectivity index (χ1) is 14.6. The molecule has 3 aromatic rings. The molecule has 2 heterocycles. The Bertz CT molecular complexity index is 1330. The maximum atomic E-state index is 12.3. The van der Waals surface area contributed by atoms with E-state index in [1.54, 1.807) is 48.3 Å². The van der Waals surface area contributed by atoms with Gasteiger partial charge in [0, 0.05) is 52.9 Å². The van der Waals surface area contributed by atoms with Crippen molar-refractivity contribution in [2.45, 2.75) is 0 Å². The molecular formula is C21H20N6O3S. The lowest BCUT2D eigenvalue weighted by Gasteiger charge is -2.07. The Morgan fingerprint density at radius 3 is 2.65 bits per heavy atom. The fourth-order valence-electron chi connectivity index (χ4n) is 2.54. The van der Waals surface area contributed by atoms with Crippen molar-refractivity contribution in [2.75, 3.05) is 17.3 Å². The monoisotopic (exact) mass is 436 g/mol. The van der Waals surface area contributed by atoms with E-state index in [-0.39, 0.29) is 23.1 Å². The molecule has 158 valence electrons. The van der Waals surface area contributed by atoms with Gasteiger partial charge in [0.15, 0.2) is 5.82 Å². The lowest BCUT2D eigenvalue weighted by molar-refractivity contribution is 0.0980. The SMILES string of the molecule is C=S(C)(=O)NC(=O)c1cnc(N)c(C#Cc2cccc(NC(=O)c3nccn3C)c2)c1. The lowest BCUT2D eigenvalue weighted by atomic mass is 10.1. The molecule has 1 aromatic carbocycles. The zero-order valence-corrected chi connectivity index (χ0v) is 17.7. The highest BCUT2D eigenvalue weighted by molar-refractivity contribution is 7.98. The van der Waals surface area contributed by atoms with E-state index < -0.39 is 15.6 Å². The minimum Gasteiger partial charge on any atom is -0.383 e. The number of benzene rings is 1. The predicted octanol–water partition coefficient (Wildman–Crippen LogP) is 1.04. The van der Waals surface area contributed by atoms with Crippen LogP contribution in [0.2, 0.25) is 0 Å². The fraction of sp³-hybridized carbons (Fsp3) is 0.0952. The van der Waals surface area contributed by atoms with E-state index in [4.69, 9.17) is 5.73 Å². The van der Waals surface area contributed by atoms with E-state index in [1.807, 2.05) is 0 Å². The molecule has 4 N–H and O–H groups in total. The van der Waals surface area contributed by atoms with Gasteiger partial charge in [0.05, 0.1) is 11.1 Å². The summed E-state index contributed by atoms with van der Waals surface area (Å²) in [4.78, 5) is 32.5. The van der Waals surface area contributed by atoms with E-state index in [0.717, 1.165) is 0 Å². The van der Waals surface area contributed by atoms with Crippen molar-refractivity contribution in [1.29, 1.82) is 0 Å². The molecule has 2 aromatic heterocycles. The van der Waals surface area contributed by atoms with Gasteiger partial charge in [-0.05, 0) is 30.1 Å². The number of hydrogen-bond acceptors (Lipinski definition) is 6. The van der Waals surface area contributed by atoms with E-state index >= 15 is 0 Å². The van der Waals surface area contributed by atoms with Crippen molar-refractivity contribution in [1.82, 2.24) is 19.3 Å². The molecule has 0 saturated heterocycles. The molecule has 0 saturated carbocycles. The van der Waals surface area contributed by atoms with Gasteiger partial charge in [-0.1, -0.05) is 17.9 Å². The molecule has 0 bridgehead atoms. The largest absolute Gasteiger partial charge is 0.383 e. The maximum absolute atomic E-state index is 12.3. The van der Waals surface area contributed by atoms with E-state index in [1.165, 1.54) is 18.5 Å². The Morgan fingerprint density at radius 1 is 1.19 bits per heavy atom. The summed E-state index contributed by atoms with van der Waals surface area (Å²) >= 11 is 0. The zero-order chi connectivity index (χ0) is 22.6. The molecule has 0 aliphatic carbocycles. The smallest absolute Gasteiger partial charge is 0.291 e. The van der Waals surface area contributed by atoms with Crippen molar-refractivity contribution in [3.63, 3.8) is 0 Å². The molecule has 0 fully saturated rings. The molecule has 0 radical (unpaired) electrons. The number of nitrogens with zero attached hydrogens (tertiary/aromatic N) is 3.